The van der Waals surface area contributed by atoms with Crippen molar-refractivity contribution in [2.75, 3.05) is 18.0 Å². The quantitative estimate of drug-likeness (QED) is 0.217. The lowest BCUT2D eigenvalue weighted by molar-refractivity contribution is -0.114. The number of hydrogen-bond donors (Lipinski definition) is 2. The van der Waals surface area contributed by atoms with Crippen LogP contribution < -0.4 is 16.0 Å². The molecule has 3 N–H and O–H groups in total. The van der Waals surface area contributed by atoms with Gasteiger partial charge in [-0.1, -0.05) is 77.5 Å². The molecule has 206 valence electrons. The third kappa shape index (κ3) is 8.06. The third-order valence-corrected chi connectivity index (χ3v) is 7.90. The number of rotatable bonds is 11. The Balaban J connectivity index is 1.69. The Kier molecular flexibility index (Phi) is 11.4. The second kappa shape index (κ2) is 14.7. The number of carbonyl (C=O) groups is 2. The van der Waals surface area contributed by atoms with Gasteiger partial charge in [-0.25, -0.2) is 0 Å². The Bertz CT molecular complexity index is 1290. The van der Waals surface area contributed by atoms with E-state index in [9.17, 15) is 9.59 Å². The van der Waals surface area contributed by atoms with Gasteiger partial charge in [0.2, 0.25) is 5.91 Å². The second-order valence-electron chi connectivity index (χ2n) is 9.75. The van der Waals surface area contributed by atoms with Crippen molar-refractivity contribution < 1.29 is 9.59 Å². The molecule has 39 heavy (non-hydrogen) atoms. The number of nitrogens with zero attached hydrogens (tertiary/aromatic N) is 1. The summed E-state index contributed by atoms with van der Waals surface area (Å²) in [7, 11) is 0. The summed E-state index contributed by atoms with van der Waals surface area (Å²) < 4.78 is 1.04. The minimum Gasteiger partial charge on any atom is -0.367 e. The second-order valence-corrected chi connectivity index (χ2v) is 10.7. The largest absolute Gasteiger partial charge is 0.367 e. The monoisotopic (exact) mass is 589 g/mol. The van der Waals surface area contributed by atoms with Crippen molar-refractivity contribution in [3.63, 3.8) is 0 Å². The smallest absolute Gasteiger partial charge is 0.251 e. The highest BCUT2D eigenvalue weighted by Crippen LogP contribution is 2.30. The molecule has 3 rings (SSSR count). The average Bonchev–Trinajstić information content (AvgIpc) is 2.95. The van der Waals surface area contributed by atoms with Gasteiger partial charge >= 0.3 is 0 Å². The molecular formula is C33H40BrN3O2. The minimum atomic E-state index is -0.424. The Hall–Kier alpha value is -3.38. The highest BCUT2D eigenvalue weighted by Gasteiger charge is 2.20. The lowest BCUT2D eigenvalue weighted by Crippen LogP contribution is -2.30. The Morgan fingerprint density at radius 1 is 1.05 bits per heavy atom. The molecule has 2 aromatic rings. The Morgan fingerprint density at radius 3 is 2.38 bits per heavy atom. The molecule has 5 nitrogen and oxygen atoms in total. The molecule has 2 aromatic carbocycles. The number of primary amides is 1. The zero-order valence-corrected chi connectivity index (χ0v) is 25.1. The van der Waals surface area contributed by atoms with Crippen LogP contribution in [-0.2, 0) is 17.8 Å². The van der Waals surface area contributed by atoms with E-state index >= 15 is 0 Å². The van der Waals surface area contributed by atoms with Crippen molar-refractivity contribution in [2.24, 2.45) is 11.7 Å². The average molecular weight is 591 g/mol. The summed E-state index contributed by atoms with van der Waals surface area (Å²) in [5, 5.41) is 3.11. The topological polar surface area (TPSA) is 75.4 Å². The van der Waals surface area contributed by atoms with Gasteiger partial charge in [0, 0.05) is 40.9 Å². The first-order chi connectivity index (χ1) is 18.8. The predicted molar refractivity (Wildman–Crippen MR) is 167 cm³/mol. The summed E-state index contributed by atoms with van der Waals surface area (Å²) in [4.78, 5) is 27.1. The van der Waals surface area contributed by atoms with E-state index in [0.717, 1.165) is 48.0 Å². The molecule has 1 heterocycles. The number of nitrogens with two attached hydrogens (primary N) is 1. The van der Waals surface area contributed by atoms with Crippen molar-refractivity contribution in [1.82, 2.24) is 5.32 Å². The van der Waals surface area contributed by atoms with E-state index in [1.165, 1.54) is 16.8 Å². The molecule has 1 atom stereocenters. The molecule has 6 heteroatoms. The van der Waals surface area contributed by atoms with Crippen molar-refractivity contribution in [3.05, 3.63) is 105 Å². The van der Waals surface area contributed by atoms with Crippen molar-refractivity contribution in [2.45, 2.75) is 53.5 Å². The predicted octanol–water partition coefficient (Wildman–Crippen LogP) is 7.09. The van der Waals surface area contributed by atoms with Gasteiger partial charge in [-0.2, -0.15) is 0 Å². The Labute approximate surface area is 241 Å². The number of halogens is 1. The van der Waals surface area contributed by atoms with Crippen LogP contribution in [0.15, 0.2) is 82.9 Å². The van der Waals surface area contributed by atoms with Crippen LogP contribution in [0.3, 0.4) is 0 Å². The summed E-state index contributed by atoms with van der Waals surface area (Å²) in [5.74, 6) is -0.170. The molecule has 0 aliphatic carbocycles. The molecule has 0 radical (unpaired) electrons. The van der Waals surface area contributed by atoms with Gasteiger partial charge < -0.3 is 16.0 Å². The number of allylic oxidation sites excluding steroid dienone is 5. The first-order valence-corrected chi connectivity index (χ1v) is 14.5. The van der Waals surface area contributed by atoms with Crippen LogP contribution in [0.4, 0.5) is 5.69 Å². The van der Waals surface area contributed by atoms with Crippen molar-refractivity contribution in [1.29, 1.82) is 0 Å². The van der Waals surface area contributed by atoms with Gasteiger partial charge in [0.15, 0.2) is 0 Å². The summed E-state index contributed by atoms with van der Waals surface area (Å²) in [6.07, 6.45) is 12.8. The zero-order chi connectivity index (χ0) is 28.4. The number of aryl methyl sites for hydroxylation is 1. The van der Waals surface area contributed by atoms with Gasteiger partial charge in [-0.15, -0.1) is 0 Å². The van der Waals surface area contributed by atoms with Crippen LogP contribution in [0.5, 0.6) is 0 Å². The first-order valence-electron chi connectivity index (χ1n) is 13.7. The number of amides is 2. The molecule has 0 spiro atoms. The number of carbonyl (C=O) groups excluding carboxylic acids is 2. The highest BCUT2D eigenvalue weighted by molar-refractivity contribution is 9.11. The molecule has 0 saturated heterocycles. The minimum absolute atomic E-state index is 0.0290. The van der Waals surface area contributed by atoms with E-state index in [2.05, 4.69) is 57.3 Å². The molecule has 2 amide bonds. The van der Waals surface area contributed by atoms with E-state index < -0.39 is 5.91 Å². The third-order valence-electron chi connectivity index (χ3n) is 7.18. The molecule has 0 bridgehead atoms. The van der Waals surface area contributed by atoms with Crippen LogP contribution in [-0.4, -0.2) is 24.9 Å². The van der Waals surface area contributed by atoms with Crippen molar-refractivity contribution in [3.8, 4) is 0 Å². The fourth-order valence-electron chi connectivity index (χ4n) is 4.90. The molecule has 0 aromatic heterocycles. The van der Waals surface area contributed by atoms with Gasteiger partial charge in [0.1, 0.15) is 0 Å². The van der Waals surface area contributed by atoms with E-state index in [1.54, 1.807) is 6.08 Å². The van der Waals surface area contributed by atoms with E-state index in [4.69, 9.17) is 5.73 Å². The summed E-state index contributed by atoms with van der Waals surface area (Å²) in [6, 6.07) is 14.4. The standard InChI is InChI=1S/C33H40BrN3O2/c1-5-23(13-17-28(34)6-2)21-36-33(39)27-16-18-31-26(20-27)10-9-19-37(31)22-24-11-14-25(15-12-24)29(7-3)30(8-4)32(35)38/h6-8,11-18,20,23H,5,9-10,19,21-22H2,1-4H3,(H2,35,38)(H,36,39)/b17-13-,28-6+,29-7-,30-8+. The Morgan fingerprint density at radius 2 is 1.77 bits per heavy atom. The summed E-state index contributed by atoms with van der Waals surface area (Å²) >= 11 is 3.50. The molecule has 1 unspecified atom stereocenters. The van der Waals surface area contributed by atoms with E-state index in [1.807, 2.05) is 63.3 Å². The number of benzene rings is 2. The van der Waals surface area contributed by atoms with Crippen LogP contribution in [0.25, 0.3) is 5.57 Å². The van der Waals surface area contributed by atoms with Crippen LogP contribution in [0.1, 0.15) is 67.6 Å². The number of hydrogen-bond acceptors (Lipinski definition) is 3. The summed E-state index contributed by atoms with van der Waals surface area (Å²) in [6.45, 7) is 10.2. The maximum Gasteiger partial charge on any atom is 0.251 e. The fraction of sp³-hybridized carbons (Fsp3) is 0.333. The number of anilines is 1. The van der Waals surface area contributed by atoms with Crippen molar-refractivity contribution >= 4 is 39.0 Å². The number of nitrogens with one attached hydrogen (secondary N) is 1. The molecular weight excluding hydrogens is 550 g/mol. The highest BCUT2D eigenvalue weighted by atomic mass is 79.9. The SMILES string of the molecule is C/C=C(\C(=C/C)C(N)=O)c1ccc(CN2CCCc3cc(C(=O)NCC(/C=C\C(Br)=C/C)CC)ccc32)cc1. The fourth-order valence-corrected chi connectivity index (χ4v) is 5.05. The molecule has 0 fully saturated rings. The first kappa shape index (κ1) is 30.2. The molecule has 0 saturated carbocycles. The normalized spacial score (nSPS) is 15.3. The van der Waals surface area contributed by atoms with Gasteiger partial charge in [0.25, 0.3) is 5.91 Å². The van der Waals surface area contributed by atoms with Gasteiger partial charge in [-0.05, 0) is 86.4 Å². The summed E-state index contributed by atoms with van der Waals surface area (Å²) in [5.41, 5.74) is 12.2. The zero-order valence-electron chi connectivity index (χ0n) is 23.5. The van der Waals surface area contributed by atoms with Crippen LogP contribution in [0, 0.1) is 5.92 Å². The molecule has 1 aliphatic heterocycles. The van der Waals surface area contributed by atoms with E-state index in [0.29, 0.717) is 17.7 Å². The van der Waals surface area contributed by atoms with Crippen LogP contribution >= 0.6 is 15.9 Å². The maximum atomic E-state index is 12.9. The maximum absolute atomic E-state index is 12.9. The van der Waals surface area contributed by atoms with Gasteiger partial charge in [-0.3, -0.25) is 9.59 Å². The lowest BCUT2D eigenvalue weighted by Gasteiger charge is -2.32. The molecule has 1 aliphatic rings. The van der Waals surface area contributed by atoms with Gasteiger partial charge in [0.05, 0.1) is 0 Å². The number of fused-ring (bicyclic) bond motifs is 1. The lowest BCUT2D eigenvalue weighted by atomic mass is 9.95. The van der Waals surface area contributed by atoms with E-state index in [-0.39, 0.29) is 11.8 Å². The van der Waals surface area contributed by atoms with Crippen LogP contribution in [0.2, 0.25) is 0 Å².